The summed E-state index contributed by atoms with van der Waals surface area (Å²) in [4.78, 5) is 0. The van der Waals surface area contributed by atoms with Crippen molar-refractivity contribution in [3.63, 3.8) is 0 Å². The summed E-state index contributed by atoms with van der Waals surface area (Å²) in [6.45, 7) is 3.73. The van der Waals surface area contributed by atoms with E-state index in [9.17, 15) is 0 Å². The standard InChI is InChI=1S/C12H14BrN/c1-2-3-4-8-14-10-11-6-5-7-12(13)9-11/h5-7,9,14H,4,8,10H2,1H3. The third-order valence-electron chi connectivity index (χ3n) is 1.82. The molecule has 0 aliphatic rings. The summed E-state index contributed by atoms with van der Waals surface area (Å²) in [5.74, 6) is 5.90. The third kappa shape index (κ3) is 4.45. The fourth-order valence-electron chi connectivity index (χ4n) is 1.16. The molecule has 1 aromatic rings. The predicted molar refractivity (Wildman–Crippen MR) is 63.9 cm³/mol. The molecule has 0 atom stereocenters. The number of halogens is 1. The van der Waals surface area contributed by atoms with Crippen molar-refractivity contribution in [3.05, 3.63) is 34.3 Å². The van der Waals surface area contributed by atoms with Gasteiger partial charge in [-0.3, -0.25) is 0 Å². The average Bonchev–Trinajstić information content (AvgIpc) is 2.18. The van der Waals surface area contributed by atoms with Crippen LogP contribution in [0.4, 0.5) is 0 Å². The van der Waals surface area contributed by atoms with Gasteiger partial charge in [-0.25, -0.2) is 0 Å². The molecule has 1 rings (SSSR count). The van der Waals surface area contributed by atoms with Crippen molar-refractivity contribution in [2.45, 2.75) is 19.9 Å². The van der Waals surface area contributed by atoms with Crippen LogP contribution in [0.1, 0.15) is 18.9 Å². The summed E-state index contributed by atoms with van der Waals surface area (Å²) in [5, 5.41) is 3.34. The second kappa shape index (κ2) is 6.64. The van der Waals surface area contributed by atoms with E-state index in [2.05, 4.69) is 45.2 Å². The molecule has 0 aliphatic heterocycles. The van der Waals surface area contributed by atoms with Gasteiger partial charge in [0.25, 0.3) is 0 Å². The molecule has 1 N–H and O–H groups in total. The van der Waals surface area contributed by atoms with E-state index >= 15 is 0 Å². The Hall–Kier alpha value is -0.780. The Kier molecular flexibility index (Phi) is 5.36. The summed E-state index contributed by atoms with van der Waals surface area (Å²) < 4.78 is 1.13. The molecule has 0 aromatic heterocycles. The van der Waals surface area contributed by atoms with Crippen molar-refractivity contribution < 1.29 is 0 Å². The van der Waals surface area contributed by atoms with Crippen LogP contribution in [0, 0.1) is 11.8 Å². The molecule has 0 radical (unpaired) electrons. The van der Waals surface area contributed by atoms with Gasteiger partial charge in [0.1, 0.15) is 0 Å². The van der Waals surface area contributed by atoms with Gasteiger partial charge in [0.2, 0.25) is 0 Å². The Labute approximate surface area is 94.0 Å². The van der Waals surface area contributed by atoms with Gasteiger partial charge in [0, 0.05) is 24.0 Å². The minimum absolute atomic E-state index is 0.908. The SMILES string of the molecule is CC#CCCNCc1cccc(Br)c1. The van der Waals surface area contributed by atoms with Gasteiger partial charge in [-0.15, -0.1) is 11.8 Å². The van der Waals surface area contributed by atoms with E-state index in [0.29, 0.717) is 0 Å². The van der Waals surface area contributed by atoms with E-state index in [1.165, 1.54) is 5.56 Å². The summed E-state index contributed by atoms with van der Waals surface area (Å²) >= 11 is 3.45. The first kappa shape index (κ1) is 11.3. The van der Waals surface area contributed by atoms with Crippen LogP contribution in [0.3, 0.4) is 0 Å². The molecule has 0 heterocycles. The van der Waals surface area contributed by atoms with E-state index in [4.69, 9.17) is 0 Å². The smallest absolute Gasteiger partial charge is 0.0214 e. The molecule has 0 aliphatic carbocycles. The largest absolute Gasteiger partial charge is 0.312 e. The maximum Gasteiger partial charge on any atom is 0.0214 e. The zero-order chi connectivity index (χ0) is 10.2. The van der Waals surface area contributed by atoms with Crippen molar-refractivity contribution in [2.75, 3.05) is 6.54 Å². The first-order valence-electron chi connectivity index (χ1n) is 4.67. The fraction of sp³-hybridized carbons (Fsp3) is 0.333. The molecule has 1 nitrogen and oxygen atoms in total. The van der Waals surface area contributed by atoms with Crippen LogP contribution in [0.15, 0.2) is 28.7 Å². The Morgan fingerprint density at radius 3 is 3.00 bits per heavy atom. The molecule has 0 saturated carbocycles. The molecule has 0 bridgehead atoms. The number of hydrogen-bond donors (Lipinski definition) is 1. The van der Waals surface area contributed by atoms with Crippen LogP contribution < -0.4 is 5.32 Å². The maximum atomic E-state index is 3.45. The van der Waals surface area contributed by atoms with Crippen LogP contribution in [-0.2, 0) is 6.54 Å². The zero-order valence-corrected chi connectivity index (χ0v) is 9.89. The van der Waals surface area contributed by atoms with Gasteiger partial charge >= 0.3 is 0 Å². The summed E-state index contributed by atoms with van der Waals surface area (Å²) in [5.41, 5.74) is 1.30. The van der Waals surface area contributed by atoms with E-state index in [-0.39, 0.29) is 0 Å². The molecular formula is C12H14BrN. The Balaban J connectivity index is 2.27. The van der Waals surface area contributed by atoms with Crippen LogP contribution >= 0.6 is 15.9 Å². The van der Waals surface area contributed by atoms with E-state index < -0.39 is 0 Å². The number of rotatable bonds is 4. The maximum absolute atomic E-state index is 3.45. The molecule has 0 saturated heterocycles. The van der Waals surface area contributed by atoms with Crippen LogP contribution in [0.5, 0.6) is 0 Å². The van der Waals surface area contributed by atoms with E-state index in [1.54, 1.807) is 0 Å². The highest BCUT2D eigenvalue weighted by Gasteiger charge is 1.92. The topological polar surface area (TPSA) is 12.0 Å². The van der Waals surface area contributed by atoms with Gasteiger partial charge < -0.3 is 5.32 Å². The monoisotopic (exact) mass is 251 g/mol. The highest BCUT2D eigenvalue weighted by molar-refractivity contribution is 9.10. The van der Waals surface area contributed by atoms with Crippen LogP contribution in [0.2, 0.25) is 0 Å². The predicted octanol–water partition coefficient (Wildman–Crippen LogP) is 2.95. The minimum atomic E-state index is 0.908. The van der Waals surface area contributed by atoms with Crippen LogP contribution in [0.25, 0.3) is 0 Å². The lowest BCUT2D eigenvalue weighted by molar-refractivity contribution is 0.701. The van der Waals surface area contributed by atoms with Gasteiger partial charge in [-0.05, 0) is 24.6 Å². The summed E-state index contributed by atoms with van der Waals surface area (Å²) in [6.07, 6.45) is 0.921. The highest BCUT2D eigenvalue weighted by atomic mass is 79.9. The molecular weight excluding hydrogens is 238 g/mol. The second-order valence-electron chi connectivity index (χ2n) is 2.98. The van der Waals surface area contributed by atoms with Gasteiger partial charge in [-0.1, -0.05) is 28.1 Å². The molecule has 74 valence electrons. The van der Waals surface area contributed by atoms with Crippen LogP contribution in [-0.4, -0.2) is 6.54 Å². The molecule has 0 spiro atoms. The number of benzene rings is 1. The molecule has 0 amide bonds. The third-order valence-corrected chi connectivity index (χ3v) is 2.31. The van der Waals surface area contributed by atoms with Gasteiger partial charge in [0.15, 0.2) is 0 Å². The summed E-state index contributed by atoms with van der Waals surface area (Å²) in [6, 6.07) is 8.32. The average molecular weight is 252 g/mol. The quantitative estimate of drug-likeness (QED) is 0.641. The molecule has 14 heavy (non-hydrogen) atoms. The Morgan fingerprint density at radius 1 is 1.43 bits per heavy atom. The lowest BCUT2D eigenvalue weighted by Gasteiger charge is -2.02. The first-order valence-corrected chi connectivity index (χ1v) is 5.47. The van der Waals surface area contributed by atoms with Crippen molar-refractivity contribution in [3.8, 4) is 11.8 Å². The minimum Gasteiger partial charge on any atom is -0.312 e. The van der Waals surface area contributed by atoms with Gasteiger partial charge in [0.05, 0.1) is 0 Å². The van der Waals surface area contributed by atoms with E-state index in [1.807, 2.05) is 19.1 Å². The fourth-order valence-corrected chi connectivity index (χ4v) is 1.60. The Bertz CT molecular complexity index is 336. The molecule has 2 heteroatoms. The molecule has 0 fully saturated rings. The van der Waals surface area contributed by atoms with Crippen molar-refractivity contribution >= 4 is 15.9 Å². The normalized spacial score (nSPS) is 9.29. The first-order chi connectivity index (χ1) is 6.83. The second-order valence-corrected chi connectivity index (χ2v) is 3.90. The highest BCUT2D eigenvalue weighted by Crippen LogP contribution is 2.11. The lowest BCUT2D eigenvalue weighted by atomic mass is 10.2. The van der Waals surface area contributed by atoms with Crippen molar-refractivity contribution in [1.82, 2.24) is 5.32 Å². The number of nitrogens with one attached hydrogen (secondary N) is 1. The van der Waals surface area contributed by atoms with Gasteiger partial charge in [-0.2, -0.15) is 0 Å². The van der Waals surface area contributed by atoms with Crippen molar-refractivity contribution in [1.29, 1.82) is 0 Å². The molecule has 0 unspecified atom stereocenters. The lowest BCUT2D eigenvalue weighted by Crippen LogP contribution is -2.13. The Morgan fingerprint density at radius 2 is 2.29 bits per heavy atom. The van der Waals surface area contributed by atoms with Crippen molar-refractivity contribution in [2.24, 2.45) is 0 Å². The molecule has 1 aromatic carbocycles. The van der Waals surface area contributed by atoms with E-state index in [0.717, 1.165) is 24.0 Å². The zero-order valence-electron chi connectivity index (χ0n) is 8.31. The summed E-state index contributed by atoms with van der Waals surface area (Å²) in [7, 11) is 0. The number of hydrogen-bond acceptors (Lipinski definition) is 1.